The standard InChI is InChI=1S/C19H22ClN3O3S2/c1-26-19-5-3-9-22-18(19)14-28-11-7-15(12-23(24)25)6-10-27-13-17-16(20)4-2-8-21-17/h2-5,8-9,12H,6-7,10-11,13-14H2,1H3. The van der Waals surface area contributed by atoms with Crippen molar-refractivity contribution < 1.29 is 9.66 Å². The molecule has 0 atom stereocenters. The molecule has 0 saturated heterocycles. The van der Waals surface area contributed by atoms with Gasteiger partial charge in [-0.05, 0) is 48.6 Å². The maximum Gasteiger partial charge on any atom is 0.233 e. The summed E-state index contributed by atoms with van der Waals surface area (Å²) in [4.78, 5) is 19.1. The number of thioether (sulfide) groups is 2. The molecule has 0 saturated carbocycles. The molecule has 0 N–H and O–H groups in total. The minimum atomic E-state index is -0.373. The van der Waals surface area contributed by atoms with Crippen LogP contribution in [0.1, 0.15) is 24.2 Å². The number of halogens is 1. The Morgan fingerprint density at radius 1 is 1.14 bits per heavy atom. The van der Waals surface area contributed by atoms with Gasteiger partial charge in [0.15, 0.2) is 0 Å². The first-order valence-corrected chi connectivity index (χ1v) is 11.3. The zero-order valence-electron chi connectivity index (χ0n) is 15.5. The van der Waals surface area contributed by atoms with Crippen molar-refractivity contribution >= 4 is 35.1 Å². The molecule has 2 aromatic heterocycles. The van der Waals surface area contributed by atoms with Crippen molar-refractivity contribution in [3.8, 4) is 5.75 Å². The number of aromatic nitrogens is 2. The monoisotopic (exact) mass is 439 g/mol. The zero-order chi connectivity index (χ0) is 20.2. The molecule has 0 aromatic carbocycles. The molecule has 0 spiro atoms. The average molecular weight is 440 g/mol. The van der Waals surface area contributed by atoms with Gasteiger partial charge in [0.2, 0.25) is 6.20 Å². The van der Waals surface area contributed by atoms with Crippen LogP contribution in [-0.2, 0) is 11.5 Å². The molecule has 0 aliphatic rings. The topological polar surface area (TPSA) is 78.2 Å². The molecule has 0 radical (unpaired) electrons. The molecular formula is C19H22ClN3O3S2. The molecule has 0 fully saturated rings. The van der Waals surface area contributed by atoms with Crippen molar-refractivity contribution in [2.24, 2.45) is 0 Å². The second-order valence-electron chi connectivity index (χ2n) is 5.76. The Balaban J connectivity index is 1.75. The summed E-state index contributed by atoms with van der Waals surface area (Å²) in [6.45, 7) is 0. The molecule has 0 aliphatic heterocycles. The second-order valence-corrected chi connectivity index (χ2v) is 8.38. The van der Waals surface area contributed by atoms with E-state index in [4.69, 9.17) is 16.3 Å². The van der Waals surface area contributed by atoms with E-state index in [2.05, 4.69) is 9.97 Å². The molecule has 2 aromatic rings. The number of rotatable bonds is 12. The van der Waals surface area contributed by atoms with Gasteiger partial charge in [-0.25, -0.2) is 0 Å². The van der Waals surface area contributed by atoms with Crippen molar-refractivity contribution in [3.05, 3.63) is 75.0 Å². The van der Waals surface area contributed by atoms with Crippen LogP contribution in [-0.4, -0.2) is 33.5 Å². The lowest BCUT2D eigenvalue weighted by atomic mass is 10.2. The van der Waals surface area contributed by atoms with Gasteiger partial charge in [-0.15, -0.1) is 0 Å². The summed E-state index contributed by atoms with van der Waals surface area (Å²) in [5.74, 6) is 3.74. The Kier molecular flexibility index (Phi) is 10.2. The highest BCUT2D eigenvalue weighted by Gasteiger charge is 2.08. The van der Waals surface area contributed by atoms with Crippen LogP contribution >= 0.6 is 35.1 Å². The molecule has 0 bridgehead atoms. The third-order valence-corrected chi connectivity index (χ3v) is 6.09. The van der Waals surface area contributed by atoms with E-state index in [0.29, 0.717) is 29.4 Å². The van der Waals surface area contributed by atoms with E-state index < -0.39 is 0 Å². The first-order chi connectivity index (χ1) is 13.6. The van der Waals surface area contributed by atoms with E-state index in [1.165, 1.54) is 0 Å². The van der Waals surface area contributed by atoms with Gasteiger partial charge in [0, 0.05) is 29.5 Å². The van der Waals surface area contributed by atoms with E-state index in [0.717, 1.165) is 40.4 Å². The van der Waals surface area contributed by atoms with E-state index in [9.17, 15) is 10.1 Å². The summed E-state index contributed by atoms with van der Waals surface area (Å²) in [5.41, 5.74) is 2.57. The minimum absolute atomic E-state index is 0.373. The predicted octanol–water partition coefficient (Wildman–Crippen LogP) is 5.25. The number of hydrogen-bond donors (Lipinski definition) is 0. The van der Waals surface area contributed by atoms with Crippen LogP contribution in [0.3, 0.4) is 0 Å². The third-order valence-electron chi connectivity index (χ3n) is 3.80. The van der Waals surface area contributed by atoms with Crippen LogP contribution in [0.25, 0.3) is 0 Å². The maximum atomic E-state index is 10.9. The number of nitrogens with zero attached hydrogens (tertiary/aromatic N) is 3. The van der Waals surface area contributed by atoms with E-state index in [-0.39, 0.29) is 4.92 Å². The summed E-state index contributed by atoms with van der Waals surface area (Å²) in [6, 6.07) is 7.33. The van der Waals surface area contributed by atoms with Gasteiger partial charge in [-0.1, -0.05) is 11.6 Å². The van der Waals surface area contributed by atoms with Gasteiger partial charge in [0.25, 0.3) is 0 Å². The van der Waals surface area contributed by atoms with Gasteiger partial charge >= 0.3 is 0 Å². The van der Waals surface area contributed by atoms with Gasteiger partial charge in [0.1, 0.15) is 5.75 Å². The Labute approximate surface area is 178 Å². The molecule has 28 heavy (non-hydrogen) atoms. The Bertz CT molecular complexity index is 805. The van der Waals surface area contributed by atoms with Crippen LogP contribution < -0.4 is 4.74 Å². The number of pyridine rings is 2. The lowest BCUT2D eigenvalue weighted by Crippen LogP contribution is -1.97. The fourth-order valence-corrected chi connectivity index (χ4v) is 4.59. The SMILES string of the molecule is COc1cccnc1CSCCC(=C[N+](=O)[O-])CCSCc1ncccc1Cl. The molecular weight excluding hydrogens is 418 g/mol. The number of ether oxygens (including phenoxy) is 1. The molecule has 0 aliphatic carbocycles. The Morgan fingerprint density at radius 3 is 2.36 bits per heavy atom. The van der Waals surface area contributed by atoms with Gasteiger partial charge in [0.05, 0.1) is 28.4 Å². The number of allylic oxidation sites excluding steroid dienone is 1. The van der Waals surface area contributed by atoms with Crippen molar-refractivity contribution in [1.82, 2.24) is 9.97 Å². The highest BCUT2D eigenvalue weighted by Crippen LogP contribution is 2.24. The molecule has 9 heteroatoms. The molecule has 6 nitrogen and oxygen atoms in total. The van der Waals surface area contributed by atoms with Crippen molar-refractivity contribution in [1.29, 1.82) is 0 Å². The van der Waals surface area contributed by atoms with E-state index in [1.54, 1.807) is 49.1 Å². The molecule has 2 heterocycles. The van der Waals surface area contributed by atoms with Crippen molar-refractivity contribution in [2.45, 2.75) is 24.3 Å². The van der Waals surface area contributed by atoms with Crippen LogP contribution in [0.15, 0.2) is 48.4 Å². The highest BCUT2D eigenvalue weighted by molar-refractivity contribution is 7.98. The summed E-state index contributed by atoms with van der Waals surface area (Å²) in [7, 11) is 1.62. The summed E-state index contributed by atoms with van der Waals surface area (Å²) >= 11 is 9.46. The first-order valence-electron chi connectivity index (χ1n) is 8.66. The fraction of sp³-hybridized carbons (Fsp3) is 0.368. The quantitative estimate of drug-likeness (QED) is 0.254. The third kappa shape index (κ3) is 8.08. The number of methoxy groups -OCH3 is 1. The predicted molar refractivity (Wildman–Crippen MR) is 117 cm³/mol. The Morgan fingerprint density at radius 2 is 1.75 bits per heavy atom. The van der Waals surface area contributed by atoms with Crippen LogP contribution in [0.5, 0.6) is 5.75 Å². The summed E-state index contributed by atoms with van der Waals surface area (Å²) in [5, 5.41) is 11.6. The lowest BCUT2D eigenvalue weighted by molar-refractivity contribution is -0.403. The van der Waals surface area contributed by atoms with Gasteiger partial charge < -0.3 is 4.74 Å². The molecule has 0 unspecified atom stereocenters. The van der Waals surface area contributed by atoms with Gasteiger partial charge in [-0.3, -0.25) is 20.1 Å². The van der Waals surface area contributed by atoms with E-state index in [1.807, 2.05) is 18.2 Å². The lowest BCUT2D eigenvalue weighted by Gasteiger charge is -2.08. The minimum Gasteiger partial charge on any atom is -0.495 e. The van der Waals surface area contributed by atoms with Crippen LogP contribution in [0, 0.1) is 10.1 Å². The number of nitro groups is 1. The Hall–Kier alpha value is -1.77. The molecule has 0 amide bonds. The van der Waals surface area contributed by atoms with Crippen molar-refractivity contribution in [3.63, 3.8) is 0 Å². The van der Waals surface area contributed by atoms with E-state index >= 15 is 0 Å². The fourth-order valence-electron chi connectivity index (χ4n) is 2.39. The highest BCUT2D eigenvalue weighted by atomic mass is 35.5. The van der Waals surface area contributed by atoms with Crippen LogP contribution in [0.2, 0.25) is 5.02 Å². The summed E-state index contributed by atoms with van der Waals surface area (Å²) in [6.07, 6.45) is 5.93. The van der Waals surface area contributed by atoms with Crippen LogP contribution in [0.4, 0.5) is 0 Å². The zero-order valence-corrected chi connectivity index (χ0v) is 17.9. The average Bonchev–Trinajstić information content (AvgIpc) is 2.69. The summed E-state index contributed by atoms with van der Waals surface area (Å²) < 4.78 is 5.29. The largest absolute Gasteiger partial charge is 0.495 e. The second kappa shape index (κ2) is 12.6. The normalized spacial score (nSPS) is 11.4. The smallest absolute Gasteiger partial charge is 0.233 e. The first kappa shape index (κ1) is 22.5. The molecule has 2 rings (SSSR count). The number of hydrogen-bond acceptors (Lipinski definition) is 7. The van der Waals surface area contributed by atoms with Crippen molar-refractivity contribution in [2.75, 3.05) is 18.6 Å². The van der Waals surface area contributed by atoms with Gasteiger partial charge in [-0.2, -0.15) is 23.5 Å². The molecule has 150 valence electrons. The maximum absolute atomic E-state index is 10.9.